The Morgan fingerprint density at radius 3 is 2.72 bits per heavy atom. The van der Waals surface area contributed by atoms with Crippen molar-refractivity contribution in [2.45, 2.75) is 24.7 Å². The summed E-state index contributed by atoms with van der Waals surface area (Å²) in [6, 6.07) is 7.27. The smallest absolute Gasteiger partial charge is 0.411 e. The molecule has 1 aliphatic rings. The van der Waals surface area contributed by atoms with Crippen molar-refractivity contribution in [3.63, 3.8) is 0 Å². The molecule has 0 bridgehead atoms. The van der Waals surface area contributed by atoms with Crippen LogP contribution in [-0.4, -0.2) is 24.3 Å². The first kappa shape index (κ1) is 12.4. The van der Waals surface area contributed by atoms with Gasteiger partial charge in [0.15, 0.2) is 0 Å². The molecule has 96 valence electrons. The first-order chi connectivity index (χ1) is 8.55. The summed E-state index contributed by atoms with van der Waals surface area (Å²) in [7, 11) is 1.30. The van der Waals surface area contributed by atoms with Crippen LogP contribution in [0.3, 0.4) is 0 Å². The molecule has 0 unspecified atom stereocenters. The number of nitrogens with one attached hydrogen (secondary N) is 1. The monoisotopic (exact) mass is 249 g/mol. The molecule has 0 radical (unpaired) electrons. The van der Waals surface area contributed by atoms with Crippen molar-refractivity contribution in [1.29, 1.82) is 0 Å². The average Bonchev–Trinajstić information content (AvgIpc) is 3.09. The van der Waals surface area contributed by atoms with Crippen LogP contribution in [0.1, 0.15) is 24.8 Å². The Labute approximate surface area is 105 Å². The third-order valence-electron chi connectivity index (χ3n) is 3.25. The Morgan fingerprint density at radius 2 is 2.17 bits per heavy atom. The molecule has 1 aromatic carbocycles. The Kier molecular flexibility index (Phi) is 3.23. The van der Waals surface area contributed by atoms with Gasteiger partial charge in [0.1, 0.15) is 0 Å². The number of methoxy groups -OCH3 is 1. The molecule has 0 atom stereocenters. The number of hydrogen-bond donors (Lipinski definition) is 2. The minimum absolute atomic E-state index is 0.134. The van der Waals surface area contributed by atoms with E-state index < -0.39 is 12.1 Å². The minimum Gasteiger partial charge on any atom is -0.481 e. The van der Waals surface area contributed by atoms with Crippen LogP contribution in [0.15, 0.2) is 24.3 Å². The van der Waals surface area contributed by atoms with Gasteiger partial charge < -0.3 is 9.84 Å². The van der Waals surface area contributed by atoms with Crippen LogP contribution in [-0.2, 0) is 14.9 Å². The summed E-state index contributed by atoms with van der Waals surface area (Å²) in [5.41, 5.74) is 1.33. The summed E-state index contributed by atoms with van der Waals surface area (Å²) in [6.45, 7) is 0. The van der Waals surface area contributed by atoms with E-state index >= 15 is 0 Å². The van der Waals surface area contributed by atoms with Crippen LogP contribution in [0.25, 0.3) is 0 Å². The first-order valence-electron chi connectivity index (χ1n) is 5.73. The van der Waals surface area contributed by atoms with Gasteiger partial charge in [-0.15, -0.1) is 0 Å². The summed E-state index contributed by atoms with van der Waals surface area (Å²) in [4.78, 5) is 22.0. The lowest BCUT2D eigenvalue weighted by molar-refractivity contribution is -0.137. The lowest BCUT2D eigenvalue weighted by Gasteiger charge is -2.14. The van der Waals surface area contributed by atoms with Crippen molar-refractivity contribution in [2.75, 3.05) is 12.4 Å². The highest BCUT2D eigenvalue weighted by Crippen LogP contribution is 2.51. The first-order valence-corrected chi connectivity index (χ1v) is 5.73. The van der Waals surface area contributed by atoms with Gasteiger partial charge in [0.2, 0.25) is 0 Å². The normalized spacial score (nSPS) is 15.8. The van der Waals surface area contributed by atoms with Gasteiger partial charge >= 0.3 is 12.1 Å². The fourth-order valence-electron chi connectivity index (χ4n) is 2.10. The lowest BCUT2D eigenvalue weighted by Crippen LogP contribution is -2.14. The van der Waals surface area contributed by atoms with Gasteiger partial charge in [-0.25, -0.2) is 4.79 Å². The highest BCUT2D eigenvalue weighted by Gasteiger charge is 2.45. The quantitative estimate of drug-likeness (QED) is 0.859. The van der Waals surface area contributed by atoms with Crippen LogP contribution in [0.5, 0.6) is 0 Å². The van der Waals surface area contributed by atoms with Gasteiger partial charge in [0.25, 0.3) is 0 Å². The van der Waals surface area contributed by atoms with Crippen LogP contribution >= 0.6 is 0 Å². The Hall–Kier alpha value is -2.04. The highest BCUT2D eigenvalue weighted by molar-refractivity contribution is 5.84. The third kappa shape index (κ3) is 2.61. The number of hydrogen-bond acceptors (Lipinski definition) is 3. The number of anilines is 1. The molecule has 1 aliphatic carbocycles. The predicted octanol–water partition coefficient (Wildman–Crippen LogP) is 2.37. The van der Waals surface area contributed by atoms with Gasteiger partial charge in [-0.05, 0) is 30.5 Å². The number of aliphatic carboxylic acids is 1. The fourth-order valence-corrected chi connectivity index (χ4v) is 2.10. The second kappa shape index (κ2) is 4.68. The van der Waals surface area contributed by atoms with Crippen molar-refractivity contribution in [3.05, 3.63) is 29.8 Å². The van der Waals surface area contributed by atoms with E-state index in [9.17, 15) is 9.59 Å². The van der Waals surface area contributed by atoms with E-state index in [1.165, 1.54) is 7.11 Å². The van der Waals surface area contributed by atoms with E-state index in [2.05, 4.69) is 10.1 Å². The molecule has 0 saturated heterocycles. The van der Waals surface area contributed by atoms with Crippen molar-refractivity contribution in [1.82, 2.24) is 0 Å². The molecule has 1 fully saturated rings. The Balaban J connectivity index is 2.17. The molecule has 18 heavy (non-hydrogen) atoms. The standard InChI is InChI=1S/C13H15NO4/c1-18-12(17)14-10-4-2-3-9(7-10)13(5-6-13)8-11(15)16/h2-4,7H,5-6,8H2,1H3,(H,14,17)(H,15,16). The predicted molar refractivity (Wildman–Crippen MR) is 65.6 cm³/mol. The van der Waals surface area contributed by atoms with E-state index in [1.54, 1.807) is 6.07 Å². The number of ether oxygens (including phenoxy) is 1. The second-order valence-electron chi connectivity index (χ2n) is 4.55. The molecule has 0 aromatic heterocycles. The lowest BCUT2D eigenvalue weighted by atomic mass is 9.92. The number of carboxylic acid groups (broad SMARTS) is 1. The maximum Gasteiger partial charge on any atom is 0.411 e. The molecule has 1 amide bonds. The number of carbonyl (C=O) groups is 2. The van der Waals surface area contributed by atoms with E-state index in [0.717, 1.165) is 18.4 Å². The topological polar surface area (TPSA) is 75.6 Å². The molecule has 1 saturated carbocycles. The van der Waals surface area contributed by atoms with Crippen LogP contribution < -0.4 is 5.32 Å². The number of carbonyl (C=O) groups excluding carboxylic acids is 1. The molecular weight excluding hydrogens is 234 g/mol. The van der Waals surface area contributed by atoms with Crippen LogP contribution in [0.4, 0.5) is 10.5 Å². The number of rotatable bonds is 4. The molecule has 0 spiro atoms. The SMILES string of the molecule is COC(=O)Nc1cccc(C2(CC(=O)O)CC2)c1. The zero-order valence-corrected chi connectivity index (χ0v) is 10.1. The zero-order chi connectivity index (χ0) is 13.2. The Morgan fingerprint density at radius 1 is 1.44 bits per heavy atom. The molecule has 0 aliphatic heterocycles. The summed E-state index contributed by atoms with van der Waals surface area (Å²) < 4.78 is 4.52. The largest absolute Gasteiger partial charge is 0.481 e. The van der Waals surface area contributed by atoms with E-state index in [-0.39, 0.29) is 11.8 Å². The Bertz CT molecular complexity index is 480. The van der Waals surface area contributed by atoms with E-state index in [0.29, 0.717) is 5.69 Å². The van der Waals surface area contributed by atoms with Gasteiger partial charge in [0.05, 0.1) is 13.5 Å². The minimum atomic E-state index is -0.793. The number of amides is 1. The fraction of sp³-hybridized carbons (Fsp3) is 0.385. The number of benzene rings is 1. The molecule has 1 aromatic rings. The molecule has 5 heteroatoms. The summed E-state index contributed by atoms with van der Waals surface area (Å²) >= 11 is 0. The van der Waals surface area contributed by atoms with Crippen molar-refractivity contribution in [3.8, 4) is 0 Å². The van der Waals surface area contributed by atoms with Crippen LogP contribution in [0.2, 0.25) is 0 Å². The van der Waals surface area contributed by atoms with Crippen molar-refractivity contribution in [2.24, 2.45) is 0 Å². The maximum atomic E-state index is 11.1. The van der Waals surface area contributed by atoms with Gasteiger partial charge in [0, 0.05) is 11.1 Å². The molecule has 5 nitrogen and oxygen atoms in total. The number of carboxylic acids is 1. The van der Waals surface area contributed by atoms with Gasteiger partial charge in [-0.2, -0.15) is 0 Å². The molecule has 0 heterocycles. The molecular formula is C13H15NO4. The maximum absolute atomic E-state index is 11.1. The van der Waals surface area contributed by atoms with Gasteiger partial charge in [-0.3, -0.25) is 10.1 Å². The highest BCUT2D eigenvalue weighted by atomic mass is 16.5. The summed E-state index contributed by atoms with van der Waals surface area (Å²) in [5, 5.41) is 11.5. The molecule has 2 N–H and O–H groups in total. The van der Waals surface area contributed by atoms with Crippen molar-refractivity contribution >= 4 is 17.7 Å². The molecule has 2 rings (SSSR count). The summed E-state index contributed by atoms with van der Waals surface area (Å²) in [5.74, 6) is -0.793. The second-order valence-corrected chi connectivity index (χ2v) is 4.55. The third-order valence-corrected chi connectivity index (χ3v) is 3.25. The van der Waals surface area contributed by atoms with Crippen molar-refractivity contribution < 1.29 is 19.4 Å². The average molecular weight is 249 g/mol. The summed E-state index contributed by atoms with van der Waals surface area (Å²) in [6.07, 6.45) is 1.35. The van der Waals surface area contributed by atoms with Crippen LogP contribution in [0, 0.1) is 0 Å². The zero-order valence-electron chi connectivity index (χ0n) is 10.1. The van der Waals surface area contributed by atoms with E-state index in [1.807, 2.05) is 18.2 Å². The van der Waals surface area contributed by atoms with Gasteiger partial charge in [-0.1, -0.05) is 12.1 Å². The van der Waals surface area contributed by atoms with E-state index in [4.69, 9.17) is 5.11 Å².